The van der Waals surface area contributed by atoms with Gasteiger partial charge in [0, 0.05) is 16.2 Å². The number of aryl methyl sites for hydroxylation is 1. The van der Waals surface area contributed by atoms with Gasteiger partial charge in [0.15, 0.2) is 0 Å². The van der Waals surface area contributed by atoms with Crippen LogP contribution in [0.3, 0.4) is 0 Å². The van der Waals surface area contributed by atoms with Gasteiger partial charge in [-0.05, 0) is 48.4 Å². The first kappa shape index (κ1) is 13.2. The molecule has 0 aliphatic rings. The van der Waals surface area contributed by atoms with Gasteiger partial charge in [-0.2, -0.15) is 0 Å². The van der Waals surface area contributed by atoms with Crippen molar-refractivity contribution in [3.8, 4) is 0 Å². The minimum absolute atomic E-state index is 0.412. The fourth-order valence-corrected chi connectivity index (χ4v) is 2.62. The highest BCUT2D eigenvalue weighted by molar-refractivity contribution is 7.98. The molecule has 0 aromatic heterocycles. The minimum atomic E-state index is -0.412. The Hall–Kier alpha value is -1.25. The first-order chi connectivity index (χ1) is 8.65. The number of hydrogen-bond donors (Lipinski definition) is 0. The van der Waals surface area contributed by atoms with E-state index in [0.717, 1.165) is 10.6 Å². The highest BCUT2D eigenvalue weighted by Crippen LogP contribution is 2.23. The Morgan fingerprint density at radius 2 is 1.89 bits per heavy atom. The van der Waals surface area contributed by atoms with Gasteiger partial charge in [0.2, 0.25) is 0 Å². The molecule has 0 spiro atoms. The fraction of sp³-hybridized carbons (Fsp3) is 0.133. The summed E-state index contributed by atoms with van der Waals surface area (Å²) in [6, 6.07) is 15.8. The summed E-state index contributed by atoms with van der Waals surface area (Å²) in [6.07, 6.45) is 0. The molecule has 3 heteroatoms. The predicted molar refractivity (Wildman–Crippen MR) is 77.4 cm³/mol. The Morgan fingerprint density at radius 3 is 2.50 bits per heavy atom. The molecule has 0 unspecified atom stereocenters. The van der Waals surface area contributed by atoms with Crippen LogP contribution in [0, 0.1) is 6.92 Å². The monoisotopic (exact) mass is 276 g/mol. The van der Waals surface area contributed by atoms with Crippen molar-refractivity contribution < 1.29 is 4.79 Å². The first-order valence-corrected chi connectivity index (χ1v) is 7.00. The summed E-state index contributed by atoms with van der Waals surface area (Å²) in [5, 5.41) is -0.412. The second-order valence-electron chi connectivity index (χ2n) is 4.08. The molecule has 0 fully saturated rings. The van der Waals surface area contributed by atoms with Crippen molar-refractivity contribution in [2.24, 2.45) is 0 Å². The lowest BCUT2D eigenvalue weighted by molar-refractivity contribution is 0.108. The van der Waals surface area contributed by atoms with Gasteiger partial charge >= 0.3 is 0 Å². The number of halogens is 1. The molecule has 0 saturated heterocycles. The number of benzene rings is 2. The molecule has 0 bridgehead atoms. The minimum Gasteiger partial charge on any atom is -0.276 e. The van der Waals surface area contributed by atoms with Crippen molar-refractivity contribution in [1.29, 1.82) is 0 Å². The molecule has 0 amide bonds. The zero-order valence-electron chi connectivity index (χ0n) is 10.0. The molecular formula is C15H13ClOS. The number of carbonyl (C=O) groups excluding carboxylic acids is 1. The van der Waals surface area contributed by atoms with Crippen LogP contribution in [0.5, 0.6) is 0 Å². The van der Waals surface area contributed by atoms with Crippen LogP contribution in [0.15, 0.2) is 53.4 Å². The maximum atomic E-state index is 10.9. The molecule has 0 heterocycles. The van der Waals surface area contributed by atoms with Crippen LogP contribution in [0.4, 0.5) is 0 Å². The van der Waals surface area contributed by atoms with Crippen molar-refractivity contribution in [3.05, 3.63) is 65.2 Å². The van der Waals surface area contributed by atoms with Gasteiger partial charge < -0.3 is 0 Å². The molecule has 0 aliphatic carbocycles. The molecule has 0 radical (unpaired) electrons. The predicted octanol–water partition coefficient (Wildman–Crippen LogP) is 4.67. The lowest BCUT2D eigenvalue weighted by Gasteiger charge is -2.03. The lowest BCUT2D eigenvalue weighted by Crippen LogP contribution is -1.87. The molecule has 2 rings (SSSR count). The summed E-state index contributed by atoms with van der Waals surface area (Å²) in [5.41, 5.74) is 3.12. The van der Waals surface area contributed by atoms with E-state index in [1.807, 2.05) is 12.1 Å². The van der Waals surface area contributed by atoms with Gasteiger partial charge in [-0.3, -0.25) is 4.79 Å². The number of carbonyl (C=O) groups is 1. The standard InChI is InChI=1S/C15H13ClOS/c1-11-3-2-4-12(9-11)10-18-14-7-5-13(6-8-14)15(16)17/h2-9H,10H2,1H3. The maximum absolute atomic E-state index is 10.9. The average molecular weight is 277 g/mol. The molecule has 0 N–H and O–H groups in total. The summed E-state index contributed by atoms with van der Waals surface area (Å²) in [5.74, 6) is 0.926. The second kappa shape index (κ2) is 6.07. The maximum Gasteiger partial charge on any atom is 0.252 e. The Bertz CT molecular complexity index is 549. The summed E-state index contributed by atoms with van der Waals surface area (Å²) in [7, 11) is 0. The number of hydrogen-bond acceptors (Lipinski definition) is 2. The molecule has 2 aromatic carbocycles. The quantitative estimate of drug-likeness (QED) is 0.596. The van der Waals surface area contributed by atoms with Crippen molar-refractivity contribution in [2.45, 2.75) is 17.6 Å². The van der Waals surface area contributed by atoms with Gasteiger partial charge in [-0.1, -0.05) is 29.8 Å². The van der Waals surface area contributed by atoms with Crippen molar-refractivity contribution >= 4 is 28.6 Å². The third kappa shape index (κ3) is 3.62. The lowest BCUT2D eigenvalue weighted by atomic mass is 10.2. The summed E-state index contributed by atoms with van der Waals surface area (Å²) < 4.78 is 0. The van der Waals surface area contributed by atoms with Crippen LogP contribution in [0.1, 0.15) is 21.5 Å². The number of rotatable bonds is 4. The SMILES string of the molecule is Cc1cccc(CSc2ccc(C(=O)Cl)cc2)c1. The Balaban J connectivity index is 2.00. The van der Waals surface area contributed by atoms with Gasteiger partial charge in [0.25, 0.3) is 5.24 Å². The largest absolute Gasteiger partial charge is 0.276 e. The van der Waals surface area contributed by atoms with E-state index in [-0.39, 0.29) is 0 Å². The van der Waals surface area contributed by atoms with Crippen molar-refractivity contribution in [3.63, 3.8) is 0 Å². The van der Waals surface area contributed by atoms with E-state index >= 15 is 0 Å². The average Bonchev–Trinajstić information content (AvgIpc) is 2.37. The molecular weight excluding hydrogens is 264 g/mol. The van der Waals surface area contributed by atoms with Crippen LogP contribution in [0.25, 0.3) is 0 Å². The van der Waals surface area contributed by atoms with Crippen LogP contribution in [0.2, 0.25) is 0 Å². The fourth-order valence-electron chi connectivity index (χ4n) is 1.65. The van der Waals surface area contributed by atoms with E-state index in [0.29, 0.717) is 5.56 Å². The van der Waals surface area contributed by atoms with Gasteiger partial charge in [-0.25, -0.2) is 0 Å². The Morgan fingerprint density at radius 1 is 1.17 bits per heavy atom. The zero-order chi connectivity index (χ0) is 13.0. The van der Waals surface area contributed by atoms with Gasteiger partial charge in [0.1, 0.15) is 0 Å². The molecule has 18 heavy (non-hydrogen) atoms. The molecule has 2 aromatic rings. The Kier molecular flexibility index (Phi) is 4.45. The van der Waals surface area contributed by atoms with E-state index < -0.39 is 5.24 Å². The second-order valence-corrected chi connectivity index (χ2v) is 5.47. The van der Waals surface area contributed by atoms with E-state index in [1.165, 1.54) is 11.1 Å². The zero-order valence-corrected chi connectivity index (χ0v) is 11.6. The van der Waals surface area contributed by atoms with E-state index in [4.69, 9.17) is 11.6 Å². The smallest absolute Gasteiger partial charge is 0.252 e. The molecule has 92 valence electrons. The highest BCUT2D eigenvalue weighted by atomic mass is 35.5. The molecule has 0 atom stereocenters. The Labute approximate surface area is 116 Å². The summed E-state index contributed by atoms with van der Waals surface area (Å²) in [6.45, 7) is 2.09. The van der Waals surface area contributed by atoms with E-state index in [2.05, 4.69) is 31.2 Å². The van der Waals surface area contributed by atoms with Crippen molar-refractivity contribution in [2.75, 3.05) is 0 Å². The molecule has 1 nitrogen and oxygen atoms in total. The van der Waals surface area contributed by atoms with Crippen LogP contribution < -0.4 is 0 Å². The van der Waals surface area contributed by atoms with Crippen LogP contribution in [-0.4, -0.2) is 5.24 Å². The first-order valence-electron chi connectivity index (χ1n) is 5.63. The van der Waals surface area contributed by atoms with E-state index in [1.54, 1.807) is 23.9 Å². The van der Waals surface area contributed by atoms with Gasteiger partial charge in [0.05, 0.1) is 0 Å². The highest BCUT2D eigenvalue weighted by Gasteiger charge is 2.01. The van der Waals surface area contributed by atoms with Crippen LogP contribution >= 0.6 is 23.4 Å². The topological polar surface area (TPSA) is 17.1 Å². The third-order valence-electron chi connectivity index (χ3n) is 2.57. The number of thioether (sulfide) groups is 1. The van der Waals surface area contributed by atoms with Crippen molar-refractivity contribution in [1.82, 2.24) is 0 Å². The van der Waals surface area contributed by atoms with Crippen LogP contribution in [-0.2, 0) is 5.75 Å². The van der Waals surface area contributed by atoms with Gasteiger partial charge in [-0.15, -0.1) is 11.8 Å². The summed E-state index contributed by atoms with van der Waals surface area (Å²) >= 11 is 7.15. The molecule has 0 aliphatic heterocycles. The summed E-state index contributed by atoms with van der Waals surface area (Å²) in [4.78, 5) is 12.1. The third-order valence-corrected chi connectivity index (χ3v) is 3.87. The normalized spacial score (nSPS) is 10.3. The van der Waals surface area contributed by atoms with E-state index in [9.17, 15) is 4.79 Å². The molecule has 0 saturated carbocycles.